The zero-order valence-corrected chi connectivity index (χ0v) is 11.7. The maximum Gasteiger partial charge on any atom is 0.223 e. The molecule has 20 heavy (non-hydrogen) atoms. The van der Waals surface area contributed by atoms with Crippen molar-refractivity contribution >= 4 is 5.91 Å². The van der Waals surface area contributed by atoms with E-state index in [0.717, 1.165) is 12.0 Å². The quantitative estimate of drug-likeness (QED) is 0.903. The van der Waals surface area contributed by atoms with E-state index >= 15 is 0 Å². The topological polar surface area (TPSA) is 42.2 Å². The van der Waals surface area contributed by atoms with Gasteiger partial charge in [-0.1, -0.05) is 13.8 Å². The van der Waals surface area contributed by atoms with Crippen molar-refractivity contribution in [2.45, 2.75) is 26.8 Å². The Kier molecular flexibility index (Phi) is 4.56. The average Bonchev–Trinajstić information content (AvgIpc) is 2.93. The first-order valence-electron chi connectivity index (χ1n) is 6.72. The van der Waals surface area contributed by atoms with Crippen molar-refractivity contribution in [2.75, 3.05) is 0 Å². The van der Waals surface area contributed by atoms with E-state index in [1.807, 2.05) is 26.0 Å². The second-order valence-corrected chi connectivity index (χ2v) is 4.80. The molecule has 1 aromatic heterocycles. The minimum atomic E-state index is -0.277. The van der Waals surface area contributed by atoms with Gasteiger partial charge in [-0.2, -0.15) is 0 Å². The van der Waals surface area contributed by atoms with Crippen LogP contribution in [0.1, 0.15) is 26.0 Å². The number of hydrogen-bond acceptors (Lipinski definition) is 2. The fourth-order valence-electron chi connectivity index (χ4n) is 1.78. The van der Waals surface area contributed by atoms with E-state index < -0.39 is 0 Å². The third-order valence-electron chi connectivity index (χ3n) is 3.29. The van der Waals surface area contributed by atoms with Crippen LogP contribution < -0.4 is 5.32 Å². The van der Waals surface area contributed by atoms with Crippen molar-refractivity contribution in [2.24, 2.45) is 5.92 Å². The Morgan fingerprint density at radius 2 is 1.95 bits per heavy atom. The number of carbonyl (C=O) groups excluding carboxylic acids is 1. The predicted octanol–water partition coefficient (Wildman–Crippen LogP) is 3.75. The average molecular weight is 275 g/mol. The van der Waals surface area contributed by atoms with Gasteiger partial charge in [0.1, 0.15) is 17.3 Å². The van der Waals surface area contributed by atoms with Crippen LogP contribution in [0.5, 0.6) is 0 Å². The van der Waals surface area contributed by atoms with Gasteiger partial charge >= 0.3 is 0 Å². The summed E-state index contributed by atoms with van der Waals surface area (Å²) in [7, 11) is 0. The SMILES string of the molecule is CC[C@H](C)C(=O)NCc1ccc(-c2ccc(F)cc2)o1. The zero-order valence-electron chi connectivity index (χ0n) is 11.7. The van der Waals surface area contributed by atoms with Gasteiger partial charge in [-0.3, -0.25) is 4.79 Å². The summed E-state index contributed by atoms with van der Waals surface area (Å²) in [4.78, 5) is 11.7. The van der Waals surface area contributed by atoms with Crippen LogP contribution in [0.2, 0.25) is 0 Å². The fourth-order valence-corrected chi connectivity index (χ4v) is 1.78. The Labute approximate surface area is 117 Å². The Morgan fingerprint density at radius 1 is 1.25 bits per heavy atom. The number of nitrogens with one attached hydrogen (secondary N) is 1. The van der Waals surface area contributed by atoms with Gasteiger partial charge in [0.05, 0.1) is 6.54 Å². The highest BCUT2D eigenvalue weighted by atomic mass is 19.1. The lowest BCUT2D eigenvalue weighted by Gasteiger charge is -2.08. The lowest BCUT2D eigenvalue weighted by atomic mass is 10.1. The first-order chi connectivity index (χ1) is 9.60. The van der Waals surface area contributed by atoms with Crippen molar-refractivity contribution in [3.05, 3.63) is 48.0 Å². The molecule has 0 aliphatic heterocycles. The molecular weight excluding hydrogens is 257 g/mol. The molecule has 0 saturated carbocycles. The maximum absolute atomic E-state index is 12.8. The summed E-state index contributed by atoms with van der Waals surface area (Å²) in [6.45, 7) is 4.23. The highest BCUT2D eigenvalue weighted by Gasteiger charge is 2.11. The zero-order chi connectivity index (χ0) is 14.5. The fraction of sp³-hybridized carbons (Fsp3) is 0.312. The normalized spacial score (nSPS) is 12.2. The highest BCUT2D eigenvalue weighted by Crippen LogP contribution is 2.22. The van der Waals surface area contributed by atoms with Gasteiger partial charge in [0.25, 0.3) is 0 Å². The standard InChI is InChI=1S/C16H18FNO2/c1-3-11(2)16(19)18-10-14-8-9-15(20-14)12-4-6-13(17)7-5-12/h4-9,11H,3,10H2,1-2H3,(H,18,19)/t11-/m0/s1. The second-order valence-electron chi connectivity index (χ2n) is 4.80. The van der Waals surface area contributed by atoms with E-state index in [-0.39, 0.29) is 17.6 Å². The lowest BCUT2D eigenvalue weighted by Crippen LogP contribution is -2.28. The van der Waals surface area contributed by atoms with E-state index in [1.54, 1.807) is 12.1 Å². The van der Waals surface area contributed by atoms with E-state index in [2.05, 4.69) is 5.32 Å². The van der Waals surface area contributed by atoms with Crippen LogP contribution in [-0.4, -0.2) is 5.91 Å². The van der Waals surface area contributed by atoms with Gasteiger partial charge in [-0.15, -0.1) is 0 Å². The number of rotatable bonds is 5. The third kappa shape index (κ3) is 3.47. The summed E-state index contributed by atoms with van der Waals surface area (Å²) in [6.07, 6.45) is 0.810. The summed E-state index contributed by atoms with van der Waals surface area (Å²) in [5.41, 5.74) is 0.811. The van der Waals surface area contributed by atoms with Crippen LogP contribution >= 0.6 is 0 Å². The summed E-state index contributed by atoms with van der Waals surface area (Å²) in [5.74, 6) is 1.09. The van der Waals surface area contributed by atoms with Crippen LogP contribution in [-0.2, 0) is 11.3 Å². The molecule has 1 N–H and O–H groups in total. The van der Waals surface area contributed by atoms with Gasteiger partial charge in [0.2, 0.25) is 5.91 Å². The van der Waals surface area contributed by atoms with Crippen molar-refractivity contribution in [3.8, 4) is 11.3 Å². The molecule has 1 heterocycles. The predicted molar refractivity (Wildman–Crippen MR) is 75.4 cm³/mol. The molecule has 0 fully saturated rings. The Balaban J connectivity index is 1.99. The number of amides is 1. The largest absolute Gasteiger partial charge is 0.459 e. The first-order valence-corrected chi connectivity index (χ1v) is 6.72. The molecule has 2 aromatic rings. The first kappa shape index (κ1) is 14.3. The Hall–Kier alpha value is -2.10. The molecule has 106 valence electrons. The molecule has 0 aliphatic rings. The molecule has 0 unspecified atom stereocenters. The lowest BCUT2D eigenvalue weighted by molar-refractivity contribution is -0.124. The van der Waals surface area contributed by atoms with Gasteiger partial charge in [0, 0.05) is 11.5 Å². The third-order valence-corrected chi connectivity index (χ3v) is 3.29. The molecule has 2 rings (SSSR count). The van der Waals surface area contributed by atoms with E-state index in [4.69, 9.17) is 4.42 Å². The number of carbonyl (C=O) groups is 1. The number of hydrogen-bond donors (Lipinski definition) is 1. The Morgan fingerprint density at radius 3 is 2.60 bits per heavy atom. The number of benzene rings is 1. The van der Waals surface area contributed by atoms with Crippen LogP contribution in [0.4, 0.5) is 4.39 Å². The van der Waals surface area contributed by atoms with Crippen LogP contribution in [0.25, 0.3) is 11.3 Å². The molecule has 0 radical (unpaired) electrons. The molecule has 3 nitrogen and oxygen atoms in total. The van der Waals surface area contributed by atoms with Crippen molar-refractivity contribution in [3.63, 3.8) is 0 Å². The number of furan rings is 1. The van der Waals surface area contributed by atoms with E-state index in [0.29, 0.717) is 18.1 Å². The molecular formula is C16H18FNO2. The second kappa shape index (κ2) is 6.37. The Bertz CT molecular complexity index is 574. The summed E-state index contributed by atoms with van der Waals surface area (Å²) >= 11 is 0. The molecule has 1 amide bonds. The van der Waals surface area contributed by atoms with Crippen LogP contribution in [0, 0.1) is 11.7 Å². The molecule has 4 heteroatoms. The van der Waals surface area contributed by atoms with Crippen molar-refractivity contribution in [1.82, 2.24) is 5.32 Å². The van der Waals surface area contributed by atoms with Crippen LogP contribution in [0.15, 0.2) is 40.8 Å². The van der Waals surface area contributed by atoms with Gasteiger partial charge < -0.3 is 9.73 Å². The maximum atomic E-state index is 12.8. The van der Waals surface area contributed by atoms with Crippen molar-refractivity contribution < 1.29 is 13.6 Å². The molecule has 1 atom stereocenters. The van der Waals surface area contributed by atoms with E-state index in [1.165, 1.54) is 12.1 Å². The van der Waals surface area contributed by atoms with Crippen LogP contribution in [0.3, 0.4) is 0 Å². The summed E-state index contributed by atoms with van der Waals surface area (Å²) in [6, 6.07) is 9.74. The van der Waals surface area contributed by atoms with E-state index in [9.17, 15) is 9.18 Å². The van der Waals surface area contributed by atoms with Gasteiger partial charge in [-0.25, -0.2) is 4.39 Å². The molecule has 0 spiro atoms. The number of halogens is 1. The smallest absolute Gasteiger partial charge is 0.223 e. The molecule has 0 aliphatic carbocycles. The molecule has 0 saturated heterocycles. The highest BCUT2D eigenvalue weighted by molar-refractivity contribution is 5.78. The van der Waals surface area contributed by atoms with Gasteiger partial charge in [0.15, 0.2) is 0 Å². The van der Waals surface area contributed by atoms with Gasteiger partial charge in [-0.05, 0) is 42.8 Å². The summed E-state index contributed by atoms with van der Waals surface area (Å²) < 4.78 is 18.5. The summed E-state index contributed by atoms with van der Waals surface area (Å²) in [5, 5.41) is 2.83. The minimum absolute atomic E-state index is 0.00142. The monoisotopic (exact) mass is 275 g/mol. The molecule has 1 aromatic carbocycles. The molecule has 0 bridgehead atoms. The minimum Gasteiger partial charge on any atom is -0.459 e. The van der Waals surface area contributed by atoms with Crippen molar-refractivity contribution in [1.29, 1.82) is 0 Å².